The standard InChI is InChI=1S/C23H30FN3O/c1-5-7-23(25-3)26-21-10-9-17(18-12-13-27(6-2)15-20(18)21)19-14-16(24)8-11-22(19)28-4/h7-11,14,25-26H,5-6,12-13,15H2,1-4H3. The highest BCUT2D eigenvalue weighted by molar-refractivity contribution is 5.78. The molecule has 0 spiro atoms. The third-order valence-electron chi connectivity index (χ3n) is 5.34. The monoisotopic (exact) mass is 383 g/mol. The van der Waals surface area contributed by atoms with Crippen LogP contribution in [0.25, 0.3) is 11.1 Å². The third-order valence-corrected chi connectivity index (χ3v) is 5.34. The summed E-state index contributed by atoms with van der Waals surface area (Å²) >= 11 is 0. The van der Waals surface area contributed by atoms with Crippen molar-refractivity contribution < 1.29 is 9.13 Å². The first kappa shape index (κ1) is 20.2. The Labute approximate surface area is 167 Å². The molecule has 150 valence electrons. The van der Waals surface area contributed by atoms with E-state index in [1.165, 1.54) is 17.2 Å². The van der Waals surface area contributed by atoms with Crippen molar-refractivity contribution in [3.05, 3.63) is 59.2 Å². The number of nitrogens with zero attached hydrogens (tertiary/aromatic N) is 1. The summed E-state index contributed by atoms with van der Waals surface area (Å²) in [4.78, 5) is 2.43. The molecule has 0 radical (unpaired) electrons. The van der Waals surface area contributed by atoms with Gasteiger partial charge in [0.2, 0.25) is 0 Å². The number of rotatable bonds is 7. The van der Waals surface area contributed by atoms with Gasteiger partial charge in [0.15, 0.2) is 0 Å². The summed E-state index contributed by atoms with van der Waals surface area (Å²) in [6, 6.07) is 8.90. The fourth-order valence-corrected chi connectivity index (χ4v) is 3.83. The smallest absolute Gasteiger partial charge is 0.126 e. The molecule has 1 aliphatic rings. The molecule has 2 aromatic rings. The molecule has 0 bridgehead atoms. The Morgan fingerprint density at radius 1 is 1.18 bits per heavy atom. The summed E-state index contributed by atoms with van der Waals surface area (Å²) in [5, 5.41) is 6.76. The number of benzene rings is 2. The van der Waals surface area contributed by atoms with Crippen molar-refractivity contribution in [2.45, 2.75) is 33.2 Å². The van der Waals surface area contributed by atoms with E-state index in [2.05, 4.69) is 47.6 Å². The number of methoxy groups -OCH3 is 1. The molecule has 0 amide bonds. The van der Waals surface area contributed by atoms with Crippen LogP contribution >= 0.6 is 0 Å². The summed E-state index contributed by atoms with van der Waals surface area (Å²) in [6.07, 6.45) is 4.02. The van der Waals surface area contributed by atoms with Crippen molar-refractivity contribution in [3.8, 4) is 16.9 Å². The van der Waals surface area contributed by atoms with Crippen LogP contribution < -0.4 is 15.4 Å². The Bertz CT molecular complexity index is 863. The van der Waals surface area contributed by atoms with E-state index in [0.29, 0.717) is 5.75 Å². The normalized spacial score (nSPS) is 14.5. The van der Waals surface area contributed by atoms with Crippen LogP contribution in [0.5, 0.6) is 5.75 Å². The first-order chi connectivity index (χ1) is 13.6. The Kier molecular flexibility index (Phi) is 6.57. The quantitative estimate of drug-likeness (QED) is 0.723. The van der Waals surface area contributed by atoms with Crippen LogP contribution in [0, 0.1) is 5.82 Å². The zero-order valence-corrected chi connectivity index (χ0v) is 17.2. The van der Waals surface area contributed by atoms with E-state index >= 15 is 0 Å². The highest BCUT2D eigenvalue weighted by atomic mass is 19.1. The van der Waals surface area contributed by atoms with Gasteiger partial charge >= 0.3 is 0 Å². The first-order valence-electron chi connectivity index (χ1n) is 9.97. The lowest BCUT2D eigenvalue weighted by Gasteiger charge is -2.31. The van der Waals surface area contributed by atoms with E-state index in [1.54, 1.807) is 19.2 Å². The predicted molar refractivity (Wildman–Crippen MR) is 114 cm³/mol. The van der Waals surface area contributed by atoms with Crippen molar-refractivity contribution >= 4 is 5.69 Å². The average Bonchev–Trinajstić information content (AvgIpc) is 2.73. The van der Waals surface area contributed by atoms with Crippen molar-refractivity contribution in [1.82, 2.24) is 10.2 Å². The SMILES string of the molecule is CCC=C(NC)Nc1ccc(-c2cc(F)ccc2OC)c2c1CN(CC)CC2. The number of fused-ring (bicyclic) bond motifs is 1. The Balaban J connectivity index is 2.12. The molecule has 3 rings (SSSR count). The van der Waals surface area contributed by atoms with Gasteiger partial charge in [-0.15, -0.1) is 0 Å². The molecule has 28 heavy (non-hydrogen) atoms. The van der Waals surface area contributed by atoms with Crippen LogP contribution in [0.2, 0.25) is 0 Å². The summed E-state index contributed by atoms with van der Waals surface area (Å²) in [7, 11) is 3.55. The molecule has 2 aromatic carbocycles. The summed E-state index contributed by atoms with van der Waals surface area (Å²) in [6.45, 7) is 7.19. The minimum atomic E-state index is -0.249. The molecular formula is C23H30FN3O. The minimum absolute atomic E-state index is 0.249. The van der Waals surface area contributed by atoms with Gasteiger partial charge in [0.25, 0.3) is 0 Å². The van der Waals surface area contributed by atoms with Crippen molar-refractivity contribution in [2.75, 3.05) is 32.6 Å². The van der Waals surface area contributed by atoms with Crippen LogP contribution in [0.3, 0.4) is 0 Å². The van der Waals surface area contributed by atoms with Crippen LogP contribution in [-0.4, -0.2) is 32.1 Å². The van der Waals surface area contributed by atoms with Gasteiger partial charge in [-0.2, -0.15) is 0 Å². The lowest BCUT2D eigenvalue weighted by Crippen LogP contribution is -2.31. The molecule has 1 aliphatic heterocycles. The van der Waals surface area contributed by atoms with Crippen LogP contribution in [0.4, 0.5) is 10.1 Å². The second-order valence-corrected chi connectivity index (χ2v) is 6.98. The number of halogens is 1. The number of anilines is 1. The zero-order chi connectivity index (χ0) is 20.1. The predicted octanol–water partition coefficient (Wildman–Crippen LogP) is 4.76. The van der Waals surface area contributed by atoms with E-state index < -0.39 is 0 Å². The van der Waals surface area contributed by atoms with Crippen molar-refractivity contribution in [2.24, 2.45) is 0 Å². The van der Waals surface area contributed by atoms with Gasteiger partial charge < -0.3 is 15.4 Å². The van der Waals surface area contributed by atoms with Gasteiger partial charge in [0.05, 0.1) is 12.9 Å². The van der Waals surface area contributed by atoms with Crippen LogP contribution in [0.1, 0.15) is 31.4 Å². The van der Waals surface area contributed by atoms with E-state index in [9.17, 15) is 4.39 Å². The van der Waals surface area contributed by atoms with Gasteiger partial charge in [-0.3, -0.25) is 4.90 Å². The summed E-state index contributed by atoms with van der Waals surface area (Å²) in [5.74, 6) is 1.44. The highest BCUT2D eigenvalue weighted by Gasteiger charge is 2.23. The molecule has 0 unspecified atom stereocenters. The van der Waals surface area contributed by atoms with Crippen LogP contribution in [-0.2, 0) is 13.0 Å². The number of allylic oxidation sites excluding steroid dienone is 1. The molecule has 0 fully saturated rings. The lowest BCUT2D eigenvalue weighted by molar-refractivity contribution is 0.269. The molecule has 0 aliphatic carbocycles. The first-order valence-corrected chi connectivity index (χ1v) is 9.97. The molecule has 0 aromatic heterocycles. The second kappa shape index (κ2) is 9.11. The van der Waals surface area contributed by atoms with Gasteiger partial charge in [-0.05, 0) is 66.4 Å². The third kappa shape index (κ3) is 4.14. The topological polar surface area (TPSA) is 36.5 Å². The van der Waals surface area contributed by atoms with Gasteiger partial charge in [-0.1, -0.05) is 19.9 Å². The molecule has 4 nitrogen and oxygen atoms in total. The molecular weight excluding hydrogens is 353 g/mol. The van der Waals surface area contributed by atoms with Gasteiger partial charge in [0, 0.05) is 31.4 Å². The van der Waals surface area contributed by atoms with Gasteiger partial charge in [-0.25, -0.2) is 4.39 Å². The number of likely N-dealkylation sites (N-methyl/N-ethyl adjacent to an activating group) is 1. The van der Waals surface area contributed by atoms with Gasteiger partial charge in [0.1, 0.15) is 11.6 Å². The Hall–Kier alpha value is -2.53. The summed E-state index contributed by atoms with van der Waals surface area (Å²) < 4.78 is 19.5. The lowest BCUT2D eigenvalue weighted by atomic mass is 9.89. The maximum Gasteiger partial charge on any atom is 0.126 e. The van der Waals surface area contributed by atoms with E-state index in [1.807, 2.05) is 7.05 Å². The van der Waals surface area contributed by atoms with E-state index in [0.717, 1.165) is 55.1 Å². The maximum atomic E-state index is 14.0. The number of nitrogens with one attached hydrogen (secondary N) is 2. The minimum Gasteiger partial charge on any atom is -0.496 e. The number of hydrogen-bond donors (Lipinski definition) is 2. The molecule has 0 saturated carbocycles. The molecule has 5 heteroatoms. The maximum absolute atomic E-state index is 14.0. The highest BCUT2D eigenvalue weighted by Crippen LogP contribution is 2.39. The average molecular weight is 384 g/mol. The molecule has 0 atom stereocenters. The largest absolute Gasteiger partial charge is 0.496 e. The Morgan fingerprint density at radius 3 is 2.68 bits per heavy atom. The fourth-order valence-electron chi connectivity index (χ4n) is 3.83. The number of ether oxygens (including phenoxy) is 1. The molecule has 2 N–H and O–H groups in total. The second-order valence-electron chi connectivity index (χ2n) is 6.98. The van der Waals surface area contributed by atoms with Crippen molar-refractivity contribution in [1.29, 1.82) is 0 Å². The number of hydrogen-bond acceptors (Lipinski definition) is 4. The molecule has 0 saturated heterocycles. The molecule has 1 heterocycles. The van der Waals surface area contributed by atoms with Crippen LogP contribution in [0.15, 0.2) is 42.2 Å². The van der Waals surface area contributed by atoms with E-state index in [-0.39, 0.29) is 5.82 Å². The zero-order valence-electron chi connectivity index (χ0n) is 17.2. The fraction of sp³-hybridized carbons (Fsp3) is 0.391. The Morgan fingerprint density at radius 2 is 2.00 bits per heavy atom. The van der Waals surface area contributed by atoms with Crippen molar-refractivity contribution in [3.63, 3.8) is 0 Å². The summed E-state index contributed by atoms with van der Waals surface area (Å²) in [5.41, 5.74) is 5.51. The van der Waals surface area contributed by atoms with E-state index in [4.69, 9.17) is 4.74 Å².